The second-order valence-corrected chi connectivity index (χ2v) is 3.48. The predicted octanol–water partition coefficient (Wildman–Crippen LogP) is 0.654. The van der Waals surface area contributed by atoms with E-state index < -0.39 is 17.9 Å². The van der Waals surface area contributed by atoms with Crippen molar-refractivity contribution in [3.63, 3.8) is 0 Å². The van der Waals surface area contributed by atoms with Crippen LogP contribution < -0.4 is 5.32 Å². The number of carboxylic acid groups (broad SMARTS) is 1. The number of carboxylic acids is 1. The van der Waals surface area contributed by atoms with Gasteiger partial charge in [0.25, 0.3) is 5.91 Å². The van der Waals surface area contributed by atoms with Crippen molar-refractivity contribution >= 4 is 23.4 Å². The average molecular weight is 214 g/mol. The highest BCUT2D eigenvalue weighted by atomic mass is 32.1. The topological polar surface area (TPSA) is 79.3 Å². The Bertz CT molecular complexity index is 361. The van der Waals surface area contributed by atoms with Crippen LogP contribution >= 0.6 is 11.5 Å². The third-order valence-electron chi connectivity index (χ3n) is 1.71. The van der Waals surface area contributed by atoms with E-state index in [9.17, 15) is 9.59 Å². The molecule has 0 aliphatic heterocycles. The molecule has 0 bridgehead atoms. The van der Waals surface area contributed by atoms with Crippen LogP contribution in [0.2, 0.25) is 0 Å². The van der Waals surface area contributed by atoms with Gasteiger partial charge in [0.2, 0.25) is 0 Å². The Morgan fingerprint density at radius 2 is 2.29 bits per heavy atom. The molecule has 14 heavy (non-hydrogen) atoms. The lowest BCUT2D eigenvalue weighted by molar-refractivity contribution is -0.138. The first-order chi connectivity index (χ1) is 6.52. The zero-order valence-electron chi connectivity index (χ0n) is 7.77. The summed E-state index contributed by atoms with van der Waals surface area (Å²) < 4.78 is 3.92. The highest BCUT2D eigenvalue weighted by Crippen LogP contribution is 2.08. The van der Waals surface area contributed by atoms with Crippen LogP contribution in [0, 0.1) is 6.92 Å². The fourth-order valence-electron chi connectivity index (χ4n) is 0.847. The largest absolute Gasteiger partial charge is 0.480 e. The molecule has 0 fully saturated rings. The fraction of sp³-hybridized carbons (Fsp3) is 0.375. The van der Waals surface area contributed by atoms with Crippen molar-refractivity contribution < 1.29 is 14.7 Å². The quantitative estimate of drug-likeness (QED) is 0.774. The summed E-state index contributed by atoms with van der Waals surface area (Å²) in [4.78, 5) is 21.9. The molecule has 0 aromatic carbocycles. The summed E-state index contributed by atoms with van der Waals surface area (Å²) >= 11 is 1.17. The van der Waals surface area contributed by atoms with E-state index in [1.807, 2.05) is 0 Å². The minimum atomic E-state index is -1.06. The Labute approximate surface area is 84.9 Å². The molecule has 0 spiro atoms. The molecule has 1 aromatic rings. The molecule has 0 aliphatic rings. The number of aliphatic carboxylic acids is 1. The Hall–Kier alpha value is -1.43. The summed E-state index contributed by atoms with van der Waals surface area (Å²) in [5, 5.41) is 12.5. The lowest BCUT2D eigenvalue weighted by Crippen LogP contribution is -2.38. The van der Waals surface area contributed by atoms with Crippen LogP contribution in [-0.2, 0) is 4.79 Å². The second-order valence-electron chi connectivity index (χ2n) is 2.85. The molecule has 0 saturated heterocycles. The fourth-order valence-corrected chi connectivity index (χ4v) is 1.54. The normalized spacial score (nSPS) is 12.1. The smallest absolute Gasteiger partial charge is 0.325 e. The number of amides is 1. The SMILES string of the molecule is Cc1nscc1C(=O)NC(C)C(=O)O. The standard InChI is InChI=1S/C8H10N2O3S/c1-4-6(3-14-10-4)7(11)9-5(2)8(12)13/h3,5H,1-2H3,(H,9,11)(H,12,13). The summed E-state index contributed by atoms with van der Waals surface area (Å²) in [5.74, 6) is -1.45. The molecule has 5 nitrogen and oxygen atoms in total. The molecule has 1 atom stereocenters. The van der Waals surface area contributed by atoms with E-state index in [0.29, 0.717) is 11.3 Å². The van der Waals surface area contributed by atoms with Gasteiger partial charge < -0.3 is 10.4 Å². The third kappa shape index (κ3) is 2.29. The van der Waals surface area contributed by atoms with Gasteiger partial charge in [-0.15, -0.1) is 0 Å². The highest BCUT2D eigenvalue weighted by molar-refractivity contribution is 7.03. The molecule has 0 radical (unpaired) electrons. The van der Waals surface area contributed by atoms with Crippen LogP contribution in [0.5, 0.6) is 0 Å². The summed E-state index contributed by atoms with van der Waals surface area (Å²) in [6, 6.07) is -0.887. The number of nitrogens with zero attached hydrogens (tertiary/aromatic N) is 1. The summed E-state index contributed by atoms with van der Waals surface area (Å²) in [7, 11) is 0. The van der Waals surface area contributed by atoms with Crippen molar-refractivity contribution in [3.05, 3.63) is 16.6 Å². The van der Waals surface area contributed by atoms with Gasteiger partial charge >= 0.3 is 5.97 Å². The molecule has 0 saturated carbocycles. The van der Waals surface area contributed by atoms with Crippen molar-refractivity contribution in [1.29, 1.82) is 0 Å². The van der Waals surface area contributed by atoms with Gasteiger partial charge in [0.15, 0.2) is 0 Å². The minimum absolute atomic E-state index is 0.397. The first-order valence-electron chi connectivity index (χ1n) is 3.97. The summed E-state index contributed by atoms with van der Waals surface area (Å²) in [6.45, 7) is 3.12. The Balaban J connectivity index is 2.69. The van der Waals surface area contributed by atoms with Gasteiger partial charge in [-0.05, 0) is 25.4 Å². The number of carbonyl (C=O) groups is 2. The van der Waals surface area contributed by atoms with Gasteiger partial charge in [-0.2, -0.15) is 4.37 Å². The molecular weight excluding hydrogens is 204 g/mol. The minimum Gasteiger partial charge on any atom is -0.480 e. The van der Waals surface area contributed by atoms with E-state index in [0.717, 1.165) is 0 Å². The summed E-state index contributed by atoms with van der Waals surface area (Å²) in [6.07, 6.45) is 0. The molecular formula is C8H10N2O3S. The molecule has 76 valence electrons. The lowest BCUT2D eigenvalue weighted by Gasteiger charge is -2.07. The van der Waals surface area contributed by atoms with Crippen molar-refractivity contribution in [1.82, 2.24) is 9.69 Å². The van der Waals surface area contributed by atoms with Crippen LogP contribution in [-0.4, -0.2) is 27.4 Å². The van der Waals surface area contributed by atoms with Gasteiger partial charge in [0.05, 0.1) is 11.3 Å². The van der Waals surface area contributed by atoms with E-state index in [1.54, 1.807) is 12.3 Å². The monoisotopic (exact) mass is 214 g/mol. The van der Waals surface area contributed by atoms with E-state index in [-0.39, 0.29) is 0 Å². The Kier molecular flexibility index (Phi) is 3.19. The van der Waals surface area contributed by atoms with Gasteiger partial charge in [-0.25, -0.2) is 0 Å². The predicted molar refractivity (Wildman–Crippen MR) is 51.4 cm³/mol. The van der Waals surface area contributed by atoms with Crippen molar-refractivity contribution in [2.45, 2.75) is 19.9 Å². The lowest BCUT2D eigenvalue weighted by atomic mass is 10.2. The van der Waals surface area contributed by atoms with Gasteiger partial charge in [0, 0.05) is 5.38 Å². The molecule has 1 heterocycles. The second kappa shape index (κ2) is 4.19. The average Bonchev–Trinajstić information content (AvgIpc) is 2.51. The Morgan fingerprint density at radius 1 is 1.64 bits per heavy atom. The van der Waals surface area contributed by atoms with Crippen LogP contribution in [0.3, 0.4) is 0 Å². The number of aromatic nitrogens is 1. The van der Waals surface area contributed by atoms with Crippen LogP contribution in [0.1, 0.15) is 23.0 Å². The van der Waals surface area contributed by atoms with Gasteiger partial charge in [-0.3, -0.25) is 9.59 Å². The first-order valence-corrected chi connectivity index (χ1v) is 4.80. The molecule has 1 aromatic heterocycles. The summed E-state index contributed by atoms with van der Waals surface area (Å²) in [5.41, 5.74) is 1.05. The molecule has 2 N–H and O–H groups in total. The van der Waals surface area contributed by atoms with Gasteiger partial charge in [-0.1, -0.05) is 0 Å². The van der Waals surface area contributed by atoms with Crippen LogP contribution in [0.4, 0.5) is 0 Å². The maximum absolute atomic E-state index is 11.4. The first kappa shape index (κ1) is 10.6. The van der Waals surface area contributed by atoms with E-state index in [1.165, 1.54) is 18.5 Å². The van der Waals surface area contributed by atoms with Crippen molar-refractivity contribution in [2.75, 3.05) is 0 Å². The van der Waals surface area contributed by atoms with Crippen LogP contribution in [0.15, 0.2) is 5.38 Å². The van der Waals surface area contributed by atoms with Gasteiger partial charge in [0.1, 0.15) is 6.04 Å². The zero-order chi connectivity index (χ0) is 10.7. The Morgan fingerprint density at radius 3 is 2.71 bits per heavy atom. The molecule has 0 aliphatic carbocycles. The number of hydrogen-bond acceptors (Lipinski definition) is 4. The maximum Gasteiger partial charge on any atom is 0.325 e. The number of nitrogens with one attached hydrogen (secondary N) is 1. The molecule has 1 rings (SSSR count). The number of carbonyl (C=O) groups excluding carboxylic acids is 1. The zero-order valence-corrected chi connectivity index (χ0v) is 8.59. The number of aryl methyl sites for hydroxylation is 1. The molecule has 6 heteroatoms. The van der Waals surface area contributed by atoms with Crippen molar-refractivity contribution in [2.24, 2.45) is 0 Å². The molecule has 1 unspecified atom stereocenters. The molecule has 1 amide bonds. The number of rotatable bonds is 3. The van der Waals surface area contributed by atoms with E-state index in [2.05, 4.69) is 9.69 Å². The highest BCUT2D eigenvalue weighted by Gasteiger charge is 2.17. The number of hydrogen-bond donors (Lipinski definition) is 2. The maximum atomic E-state index is 11.4. The van der Waals surface area contributed by atoms with Crippen molar-refractivity contribution in [3.8, 4) is 0 Å². The van der Waals surface area contributed by atoms with E-state index in [4.69, 9.17) is 5.11 Å². The van der Waals surface area contributed by atoms with Crippen LogP contribution in [0.25, 0.3) is 0 Å². The third-order valence-corrected chi connectivity index (χ3v) is 2.43. The van der Waals surface area contributed by atoms with E-state index >= 15 is 0 Å².